The molecule has 8 nitrogen and oxygen atoms in total. The molecule has 2 saturated heterocycles. The average molecular weight is 516 g/mol. The number of benzene rings is 1. The zero-order valence-electron chi connectivity index (χ0n) is 20.1. The molecule has 3 aromatic rings. The van der Waals surface area contributed by atoms with E-state index in [4.69, 9.17) is 44.0 Å². The molecule has 2 fully saturated rings. The summed E-state index contributed by atoms with van der Waals surface area (Å²) in [5.74, 6) is 1.93. The molecule has 0 bridgehead atoms. The maximum atomic E-state index is 11.2. The Balaban J connectivity index is 1.30. The van der Waals surface area contributed by atoms with Gasteiger partial charge in [0.15, 0.2) is 5.65 Å². The number of halogens is 2. The molecule has 2 N–H and O–H groups in total. The fourth-order valence-corrected chi connectivity index (χ4v) is 5.95. The number of hydrogen-bond acceptors (Lipinski definition) is 6. The Labute approximate surface area is 215 Å². The van der Waals surface area contributed by atoms with E-state index < -0.39 is 0 Å². The summed E-state index contributed by atoms with van der Waals surface area (Å²) in [6, 6.07) is 5.42. The number of carbonyl (C=O) groups is 1. The van der Waals surface area contributed by atoms with E-state index in [9.17, 15) is 4.79 Å². The number of amides is 1. The summed E-state index contributed by atoms with van der Waals surface area (Å²) < 4.78 is 1.91. The quantitative estimate of drug-likeness (QED) is 0.509. The summed E-state index contributed by atoms with van der Waals surface area (Å²) in [6.07, 6.45) is 4.71. The molecule has 2 aliphatic rings. The third kappa shape index (κ3) is 4.97. The van der Waals surface area contributed by atoms with Gasteiger partial charge >= 0.3 is 0 Å². The summed E-state index contributed by atoms with van der Waals surface area (Å²) in [4.78, 5) is 25.5. The van der Waals surface area contributed by atoms with Crippen molar-refractivity contribution in [1.29, 1.82) is 0 Å². The van der Waals surface area contributed by atoms with Crippen LogP contribution in [0.2, 0.25) is 10.0 Å². The maximum absolute atomic E-state index is 11.2. The molecular formula is C25H31Cl2N7O. The van der Waals surface area contributed by atoms with Gasteiger partial charge in [0, 0.05) is 42.6 Å². The van der Waals surface area contributed by atoms with Crippen molar-refractivity contribution in [3.05, 3.63) is 45.7 Å². The van der Waals surface area contributed by atoms with Crippen molar-refractivity contribution in [2.24, 2.45) is 17.6 Å². The van der Waals surface area contributed by atoms with Crippen LogP contribution in [0.15, 0.2) is 24.4 Å². The van der Waals surface area contributed by atoms with Gasteiger partial charge in [0.05, 0.1) is 17.9 Å². The molecule has 0 spiro atoms. The lowest BCUT2D eigenvalue weighted by molar-refractivity contribution is -0.118. The Morgan fingerprint density at radius 1 is 1.23 bits per heavy atom. The van der Waals surface area contributed by atoms with Crippen LogP contribution in [0.5, 0.6) is 0 Å². The number of fused-ring (bicyclic) bond motifs is 1. The molecule has 0 radical (unpaired) electrons. The van der Waals surface area contributed by atoms with E-state index in [-0.39, 0.29) is 11.9 Å². The maximum Gasteiger partial charge on any atom is 0.218 e. The molecule has 0 saturated carbocycles. The predicted octanol–water partition coefficient (Wildman–Crippen LogP) is 4.07. The molecule has 1 amide bonds. The lowest BCUT2D eigenvalue weighted by Crippen LogP contribution is -2.54. The molecule has 2 atom stereocenters. The molecule has 10 heteroatoms. The highest BCUT2D eigenvalue weighted by Gasteiger charge is 2.36. The van der Waals surface area contributed by atoms with E-state index in [2.05, 4.69) is 16.7 Å². The van der Waals surface area contributed by atoms with Crippen molar-refractivity contribution < 1.29 is 4.79 Å². The zero-order valence-corrected chi connectivity index (χ0v) is 21.6. The van der Waals surface area contributed by atoms with Crippen LogP contribution >= 0.6 is 23.2 Å². The number of hydrogen-bond donors (Lipinski definition) is 1. The number of likely N-dealkylation sites (tertiary alicyclic amines) is 1. The van der Waals surface area contributed by atoms with E-state index in [1.807, 2.05) is 29.9 Å². The second-order valence-electron chi connectivity index (χ2n) is 9.86. The van der Waals surface area contributed by atoms with Crippen LogP contribution in [0.1, 0.15) is 43.5 Å². The summed E-state index contributed by atoms with van der Waals surface area (Å²) in [5.41, 5.74) is 8.69. The highest BCUT2D eigenvalue weighted by atomic mass is 35.5. The van der Waals surface area contributed by atoms with Crippen LogP contribution in [0.4, 0.5) is 5.82 Å². The van der Waals surface area contributed by atoms with Crippen LogP contribution < -0.4 is 10.6 Å². The smallest absolute Gasteiger partial charge is 0.218 e. The summed E-state index contributed by atoms with van der Waals surface area (Å²) in [7, 11) is 0. The standard InChI is InChI=1S/C25H31Cl2N7O/c1-15-24-25(34(31-15)16(2)20-6-5-19(26)10-21(20)27)30-23(11-29-24)33-13-18(14-33)17-4-3-8-32(12-17)9-7-22(28)35/h5-6,10-11,16-18H,3-4,7-9,12-14H2,1-2H3,(H2,28,35)/t16-,17?/m1/s1. The van der Waals surface area contributed by atoms with Gasteiger partial charge in [-0.05, 0) is 62.8 Å². The van der Waals surface area contributed by atoms with E-state index in [0.29, 0.717) is 28.3 Å². The molecule has 2 aromatic heterocycles. The first-order chi connectivity index (χ1) is 16.8. The average Bonchev–Trinajstić information content (AvgIpc) is 3.12. The molecule has 5 rings (SSSR count). The zero-order chi connectivity index (χ0) is 24.7. The Kier molecular flexibility index (Phi) is 6.88. The minimum atomic E-state index is -0.224. The number of primary amides is 1. The van der Waals surface area contributed by atoms with Gasteiger partial charge < -0.3 is 15.5 Å². The van der Waals surface area contributed by atoms with Crippen molar-refractivity contribution in [2.45, 2.75) is 39.2 Å². The van der Waals surface area contributed by atoms with Gasteiger partial charge in [-0.25, -0.2) is 14.6 Å². The minimum absolute atomic E-state index is 0.113. The molecule has 0 aliphatic carbocycles. The number of nitrogens with two attached hydrogens (primary N) is 1. The number of aromatic nitrogens is 4. The normalized spacial score (nSPS) is 20.2. The second-order valence-corrected chi connectivity index (χ2v) is 10.7. The van der Waals surface area contributed by atoms with Crippen molar-refractivity contribution in [2.75, 3.05) is 37.6 Å². The first-order valence-electron chi connectivity index (χ1n) is 12.2. The number of nitrogens with zero attached hydrogens (tertiary/aromatic N) is 6. The lowest BCUT2D eigenvalue weighted by atomic mass is 9.80. The highest BCUT2D eigenvalue weighted by Crippen LogP contribution is 2.35. The number of rotatable bonds is 7. The van der Waals surface area contributed by atoms with Gasteiger partial charge in [-0.3, -0.25) is 4.79 Å². The third-order valence-corrected chi connectivity index (χ3v) is 8.02. The Bertz CT molecular complexity index is 1240. The summed E-state index contributed by atoms with van der Waals surface area (Å²) >= 11 is 12.6. The van der Waals surface area contributed by atoms with Gasteiger partial charge in [0.1, 0.15) is 11.3 Å². The minimum Gasteiger partial charge on any atom is -0.370 e. The molecule has 2 aliphatic heterocycles. The van der Waals surface area contributed by atoms with E-state index in [1.54, 1.807) is 6.07 Å². The number of aryl methyl sites for hydroxylation is 1. The Morgan fingerprint density at radius 2 is 2.03 bits per heavy atom. The fraction of sp³-hybridized carbons (Fsp3) is 0.520. The highest BCUT2D eigenvalue weighted by molar-refractivity contribution is 6.35. The fourth-order valence-electron chi connectivity index (χ4n) is 5.38. The van der Waals surface area contributed by atoms with Crippen molar-refractivity contribution in [3.63, 3.8) is 0 Å². The topological polar surface area (TPSA) is 93.2 Å². The summed E-state index contributed by atoms with van der Waals surface area (Å²) in [5, 5.41) is 5.96. The van der Waals surface area contributed by atoms with Gasteiger partial charge in [-0.2, -0.15) is 5.10 Å². The van der Waals surface area contributed by atoms with E-state index >= 15 is 0 Å². The first-order valence-corrected chi connectivity index (χ1v) is 13.0. The van der Waals surface area contributed by atoms with Crippen LogP contribution in [-0.4, -0.2) is 63.3 Å². The largest absolute Gasteiger partial charge is 0.370 e. The van der Waals surface area contributed by atoms with Crippen molar-refractivity contribution in [3.8, 4) is 0 Å². The Morgan fingerprint density at radius 3 is 2.77 bits per heavy atom. The van der Waals surface area contributed by atoms with Crippen LogP contribution in [0.3, 0.4) is 0 Å². The molecule has 35 heavy (non-hydrogen) atoms. The van der Waals surface area contributed by atoms with E-state index in [1.165, 1.54) is 12.8 Å². The van der Waals surface area contributed by atoms with Gasteiger partial charge in [-0.1, -0.05) is 29.3 Å². The van der Waals surface area contributed by atoms with Gasteiger partial charge in [0.25, 0.3) is 0 Å². The Hall–Kier alpha value is -2.42. The SMILES string of the molecule is Cc1nn([C@H](C)c2ccc(Cl)cc2Cl)c2nc(N3CC(C4CCCN(CCC(N)=O)C4)C3)cnc12. The van der Waals surface area contributed by atoms with Gasteiger partial charge in [-0.15, -0.1) is 0 Å². The lowest BCUT2D eigenvalue weighted by Gasteiger charge is -2.47. The van der Waals surface area contributed by atoms with Gasteiger partial charge in [0.2, 0.25) is 5.91 Å². The van der Waals surface area contributed by atoms with E-state index in [0.717, 1.165) is 61.0 Å². The predicted molar refractivity (Wildman–Crippen MR) is 139 cm³/mol. The number of piperidine rings is 1. The van der Waals surface area contributed by atoms with Crippen LogP contribution in [0, 0.1) is 18.8 Å². The molecule has 186 valence electrons. The van der Waals surface area contributed by atoms with Crippen LogP contribution in [-0.2, 0) is 4.79 Å². The summed E-state index contributed by atoms with van der Waals surface area (Å²) in [6.45, 7) is 8.82. The number of carbonyl (C=O) groups excluding carboxylic acids is 1. The molecule has 4 heterocycles. The molecular weight excluding hydrogens is 485 g/mol. The second kappa shape index (κ2) is 9.91. The van der Waals surface area contributed by atoms with Crippen LogP contribution in [0.25, 0.3) is 11.2 Å². The number of anilines is 1. The first kappa shape index (κ1) is 24.3. The monoisotopic (exact) mass is 515 g/mol. The molecule has 1 unspecified atom stereocenters. The van der Waals surface area contributed by atoms with Crippen molar-refractivity contribution in [1.82, 2.24) is 24.6 Å². The molecule has 1 aromatic carbocycles. The third-order valence-electron chi connectivity index (χ3n) is 7.46. The van der Waals surface area contributed by atoms with Crippen molar-refractivity contribution >= 4 is 46.1 Å².